The number of rotatable bonds is 2. The predicted molar refractivity (Wildman–Crippen MR) is 75.8 cm³/mol. The molecule has 5 heteroatoms. The second-order valence-corrected chi connectivity index (χ2v) is 4.90. The lowest BCUT2D eigenvalue weighted by molar-refractivity contribution is 0.164. The lowest BCUT2D eigenvalue weighted by atomic mass is 10.2. The fraction of sp³-hybridized carbons (Fsp3) is 0.500. The van der Waals surface area contributed by atoms with Gasteiger partial charge in [-0.3, -0.25) is 0 Å². The van der Waals surface area contributed by atoms with E-state index in [1.807, 2.05) is 30.0 Å². The monoisotopic (exact) mass is 263 g/mol. The molecule has 0 spiro atoms. The number of aryl methyl sites for hydroxylation is 1. The molecular formula is C14H21N3O2. The minimum Gasteiger partial charge on any atom is -0.497 e. The number of hydrogen-bond acceptors (Lipinski definition) is 3. The third-order valence-electron chi connectivity index (χ3n) is 3.47. The number of anilines is 1. The minimum atomic E-state index is -0.0265. The van der Waals surface area contributed by atoms with Crippen LogP contribution in [0.4, 0.5) is 10.5 Å². The number of likely N-dealkylation sites (N-methyl/N-ethyl adjacent to an activating group) is 1. The molecule has 19 heavy (non-hydrogen) atoms. The van der Waals surface area contributed by atoms with Crippen LogP contribution in [0.3, 0.4) is 0 Å². The van der Waals surface area contributed by atoms with Gasteiger partial charge < -0.3 is 19.9 Å². The van der Waals surface area contributed by atoms with E-state index in [1.54, 1.807) is 7.11 Å². The number of piperazine rings is 1. The summed E-state index contributed by atoms with van der Waals surface area (Å²) in [5.74, 6) is 0.801. The van der Waals surface area contributed by atoms with Gasteiger partial charge in [-0.1, -0.05) is 0 Å². The van der Waals surface area contributed by atoms with Crippen molar-refractivity contribution in [2.45, 2.75) is 6.92 Å². The molecule has 0 radical (unpaired) electrons. The van der Waals surface area contributed by atoms with Crippen molar-refractivity contribution in [2.24, 2.45) is 0 Å². The van der Waals surface area contributed by atoms with E-state index in [0.717, 1.165) is 43.2 Å². The molecule has 1 N–H and O–H groups in total. The first kappa shape index (κ1) is 13.7. The summed E-state index contributed by atoms with van der Waals surface area (Å²) in [6, 6.07) is 5.62. The zero-order valence-electron chi connectivity index (χ0n) is 11.8. The van der Waals surface area contributed by atoms with Crippen LogP contribution in [0.5, 0.6) is 5.75 Å². The first-order chi connectivity index (χ1) is 9.10. The van der Waals surface area contributed by atoms with E-state index < -0.39 is 0 Å². The maximum atomic E-state index is 12.1. The van der Waals surface area contributed by atoms with Crippen molar-refractivity contribution in [2.75, 3.05) is 45.7 Å². The summed E-state index contributed by atoms with van der Waals surface area (Å²) in [4.78, 5) is 16.2. The van der Waals surface area contributed by atoms with Gasteiger partial charge in [-0.15, -0.1) is 0 Å². The van der Waals surface area contributed by atoms with E-state index in [4.69, 9.17) is 4.74 Å². The van der Waals surface area contributed by atoms with Crippen LogP contribution in [-0.4, -0.2) is 56.2 Å². The molecule has 2 amide bonds. The average Bonchev–Trinajstić information content (AvgIpc) is 2.41. The summed E-state index contributed by atoms with van der Waals surface area (Å²) >= 11 is 0. The first-order valence-corrected chi connectivity index (χ1v) is 6.49. The zero-order valence-corrected chi connectivity index (χ0v) is 11.8. The Balaban J connectivity index is 1.99. The number of methoxy groups -OCH3 is 1. The SMILES string of the molecule is COc1ccc(NC(=O)N2CCN(C)CC2)c(C)c1. The van der Waals surface area contributed by atoms with Gasteiger partial charge in [-0.05, 0) is 37.7 Å². The van der Waals surface area contributed by atoms with Gasteiger partial charge >= 0.3 is 6.03 Å². The molecule has 1 aliphatic heterocycles. The van der Waals surface area contributed by atoms with Crippen molar-refractivity contribution < 1.29 is 9.53 Å². The lowest BCUT2D eigenvalue weighted by Gasteiger charge is -2.32. The van der Waals surface area contributed by atoms with Crippen molar-refractivity contribution in [3.63, 3.8) is 0 Å². The fourth-order valence-electron chi connectivity index (χ4n) is 2.11. The third kappa shape index (κ3) is 3.38. The van der Waals surface area contributed by atoms with Crippen molar-refractivity contribution in [3.8, 4) is 5.75 Å². The number of carbonyl (C=O) groups excluding carboxylic acids is 1. The Kier molecular flexibility index (Phi) is 4.27. The Hall–Kier alpha value is -1.75. The van der Waals surface area contributed by atoms with E-state index in [-0.39, 0.29) is 6.03 Å². The predicted octanol–water partition coefficient (Wildman–Crippen LogP) is 1.78. The molecule has 5 nitrogen and oxygen atoms in total. The molecule has 0 aromatic heterocycles. The molecule has 0 atom stereocenters. The van der Waals surface area contributed by atoms with E-state index in [1.165, 1.54) is 0 Å². The van der Waals surface area contributed by atoms with E-state index in [0.29, 0.717) is 0 Å². The van der Waals surface area contributed by atoms with Gasteiger partial charge in [0.2, 0.25) is 0 Å². The van der Waals surface area contributed by atoms with Gasteiger partial charge in [0.05, 0.1) is 7.11 Å². The summed E-state index contributed by atoms with van der Waals surface area (Å²) in [5.41, 5.74) is 1.84. The molecule has 0 saturated carbocycles. The Morgan fingerprint density at radius 3 is 2.53 bits per heavy atom. The first-order valence-electron chi connectivity index (χ1n) is 6.49. The van der Waals surface area contributed by atoms with Gasteiger partial charge in [0, 0.05) is 31.9 Å². The molecule has 0 unspecified atom stereocenters. The van der Waals surface area contributed by atoms with Gasteiger partial charge in [0.1, 0.15) is 5.75 Å². The maximum Gasteiger partial charge on any atom is 0.321 e. The van der Waals surface area contributed by atoms with Crippen LogP contribution in [0.1, 0.15) is 5.56 Å². The molecule has 1 aromatic rings. The normalized spacial score (nSPS) is 16.3. The quantitative estimate of drug-likeness (QED) is 0.884. The number of carbonyl (C=O) groups is 1. The van der Waals surface area contributed by atoms with Crippen molar-refractivity contribution in [1.29, 1.82) is 0 Å². The number of ether oxygens (including phenoxy) is 1. The molecule has 1 heterocycles. The van der Waals surface area contributed by atoms with Crippen LogP contribution in [0.2, 0.25) is 0 Å². The van der Waals surface area contributed by atoms with Gasteiger partial charge in [0.15, 0.2) is 0 Å². The van der Waals surface area contributed by atoms with Gasteiger partial charge in [0.25, 0.3) is 0 Å². The smallest absolute Gasteiger partial charge is 0.321 e. The Bertz CT molecular complexity index is 454. The summed E-state index contributed by atoms with van der Waals surface area (Å²) in [5, 5.41) is 2.96. The second-order valence-electron chi connectivity index (χ2n) is 4.90. The highest BCUT2D eigenvalue weighted by atomic mass is 16.5. The third-order valence-corrected chi connectivity index (χ3v) is 3.47. The van der Waals surface area contributed by atoms with E-state index >= 15 is 0 Å². The van der Waals surface area contributed by atoms with E-state index in [2.05, 4.69) is 17.3 Å². The minimum absolute atomic E-state index is 0.0265. The highest BCUT2D eigenvalue weighted by Crippen LogP contribution is 2.21. The highest BCUT2D eigenvalue weighted by molar-refractivity contribution is 5.90. The summed E-state index contributed by atoms with van der Waals surface area (Å²) in [7, 11) is 3.71. The summed E-state index contributed by atoms with van der Waals surface area (Å²) in [6.07, 6.45) is 0. The molecule has 2 rings (SSSR count). The molecule has 1 aliphatic rings. The van der Waals surface area contributed by atoms with Crippen molar-refractivity contribution in [1.82, 2.24) is 9.80 Å². The van der Waals surface area contributed by atoms with Crippen LogP contribution in [0.25, 0.3) is 0 Å². The number of urea groups is 1. The van der Waals surface area contributed by atoms with Gasteiger partial charge in [-0.2, -0.15) is 0 Å². The number of amides is 2. The number of hydrogen-bond donors (Lipinski definition) is 1. The van der Waals surface area contributed by atoms with Crippen LogP contribution in [-0.2, 0) is 0 Å². The van der Waals surface area contributed by atoms with Crippen LogP contribution >= 0.6 is 0 Å². The largest absolute Gasteiger partial charge is 0.497 e. The Labute approximate surface area is 114 Å². The molecule has 1 aromatic carbocycles. The molecule has 0 aliphatic carbocycles. The van der Waals surface area contributed by atoms with Crippen LogP contribution < -0.4 is 10.1 Å². The Morgan fingerprint density at radius 1 is 1.26 bits per heavy atom. The average molecular weight is 263 g/mol. The van der Waals surface area contributed by atoms with Gasteiger partial charge in [-0.25, -0.2) is 4.79 Å². The fourth-order valence-corrected chi connectivity index (χ4v) is 2.11. The molecule has 0 bridgehead atoms. The van der Waals surface area contributed by atoms with E-state index in [9.17, 15) is 4.79 Å². The summed E-state index contributed by atoms with van der Waals surface area (Å²) < 4.78 is 5.15. The number of benzene rings is 1. The maximum absolute atomic E-state index is 12.1. The lowest BCUT2D eigenvalue weighted by Crippen LogP contribution is -2.48. The molecule has 1 saturated heterocycles. The molecular weight excluding hydrogens is 242 g/mol. The van der Waals surface area contributed by atoms with Crippen molar-refractivity contribution in [3.05, 3.63) is 23.8 Å². The highest BCUT2D eigenvalue weighted by Gasteiger charge is 2.19. The standard InChI is InChI=1S/C14H21N3O2/c1-11-10-12(19-3)4-5-13(11)15-14(18)17-8-6-16(2)7-9-17/h4-5,10H,6-9H2,1-3H3,(H,15,18). The van der Waals surface area contributed by atoms with Crippen molar-refractivity contribution >= 4 is 11.7 Å². The summed E-state index contributed by atoms with van der Waals surface area (Å²) in [6.45, 7) is 5.36. The van der Waals surface area contributed by atoms with Crippen LogP contribution in [0, 0.1) is 6.92 Å². The number of nitrogens with zero attached hydrogens (tertiary/aromatic N) is 2. The van der Waals surface area contributed by atoms with Crippen LogP contribution in [0.15, 0.2) is 18.2 Å². The Morgan fingerprint density at radius 2 is 1.95 bits per heavy atom. The zero-order chi connectivity index (χ0) is 13.8. The topological polar surface area (TPSA) is 44.8 Å². The number of nitrogens with one attached hydrogen (secondary N) is 1. The molecule has 104 valence electrons. The molecule has 1 fully saturated rings. The second kappa shape index (κ2) is 5.93.